The van der Waals surface area contributed by atoms with Gasteiger partial charge in [0.05, 0.1) is 21.6 Å². The predicted molar refractivity (Wildman–Crippen MR) is 106 cm³/mol. The van der Waals surface area contributed by atoms with E-state index in [1.165, 1.54) is 0 Å². The Morgan fingerprint density at radius 3 is 2.73 bits per heavy atom. The van der Waals surface area contributed by atoms with Crippen molar-refractivity contribution in [2.45, 2.75) is 20.4 Å². The van der Waals surface area contributed by atoms with Crippen LogP contribution in [0.3, 0.4) is 0 Å². The van der Waals surface area contributed by atoms with Gasteiger partial charge in [0, 0.05) is 12.1 Å². The summed E-state index contributed by atoms with van der Waals surface area (Å²) in [6.07, 6.45) is 0. The van der Waals surface area contributed by atoms with Gasteiger partial charge in [0.2, 0.25) is 0 Å². The lowest BCUT2D eigenvalue weighted by atomic mass is 10.2. The Kier molecular flexibility index (Phi) is 4.26. The van der Waals surface area contributed by atoms with Crippen molar-refractivity contribution in [1.29, 1.82) is 0 Å². The second-order valence-corrected chi connectivity index (χ2v) is 7.00. The van der Waals surface area contributed by atoms with E-state index in [1.54, 1.807) is 22.1 Å². The minimum absolute atomic E-state index is 0.166. The standard InChI is InChI=1S/C20H18N4OS/c1-3-24-17(12-13(2)23-24)19(25)21-15-9-5-4-8-14(15)20-22-16-10-6-7-11-18(16)26-20/h4-12H,3H2,1-2H3,(H,21,25). The molecule has 6 heteroatoms. The van der Waals surface area contributed by atoms with Gasteiger partial charge in [-0.05, 0) is 44.2 Å². The fraction of sp³-hybridized carbons (Fsp3) is 0.150. The topological polar surface area (TPSA) is 59.8 Å². The van der Waals surface area contributed by atoms with Crippen molar-refractivity contribution in [3.8, 4) is 10.6 Å². The van der Waals surface area contributed by atoms with Crippen LogP contribution in [-0.2, 0) is 6.54 Å². The molecular formula is C20H18N4OS. The third kappa shape index (κ3) is 2.99. The predicted octanol–water partition coefficient (Wildman–Crippen LogP) is 4.74. The van der Waals surface area contributed by atoms with Gasteiger partial charge < -0.3 is 5.32 Å². The number of aryl methyl sites for hydroxylation is 2. The number of benzene rings is 2. The van der Waals surface area contributed by atoms with Crippen molar-refractivity contribution < 1.29 is 4.79 Å². The number of nitrogens with zero attached hydrogens (tertiary/aromatic N) is 3. The molecule has 4 rings (SSSR count). The fourth-order valence-electron chi connectivity index (χ4n) is 2.92. The smallest absolute Gasteiger partial charge is 0.273 e. The van der Waals surface area contributed by atoms with Crippen molar-refractivity contribution in [3.63, 3.8) is 0 Å². The summed E-state index contributed by atoms with van der Waals surface area (Å²) >= 11 is 1.62. The van der Waals surface area contributed by atoms with E-state index in [-0.39, 0.29) is 5.91 Å². The number of amides is 1. The number of carbonyl (C=O) groups is 1. The summed E-state index contributed by atoms with van der Waals surface area (Å²) in [6.45, 7) is 4.51. The molecule has 2 aromatic heterocycles. The number of thiazole rings is 1. The Bertz CT molecular complexity index is 1060. The molecule has 0 saturated heterocycles. The zero-order valence-electron chi connectivity index (χ0n) is 14.6. The summed E-state index contributed by atoms with van der Waals surface area (Å²) in [7, 11) is 0. The van der Waals surface area contributed by atoms with Crippen LogP contribution in [-0.4, -0.2) is 20.7 Å². The third-order valence-electron chi connectivity index (χ3n) is 4.13. The van der Waals surface area contributed by atoms with E-state index in [0.717, 1.165) is 32.2 Å². The molecule has 26 heavy (non-hydrogen) atoms. The molecule has 4 aromatic rings. The second-order valence-electron chi connectivity index (χ2n) is 5.97. The lowest BCUT2D eigenvalue weighted by molar-refractivity contribution is 0.101. The molecule has 1 amide bonds. The average molecular weight is 362 g/mol. The number of hydrogen-bond acceptors (Lipinski definition) is 4. The van der Waals surface area contributed by atoms with Gasteiger partial charge in [-0.3, -0.25) is 9.48 Å². The highest BCUT2D eigenvalue weighted by molar-refractivity contribution is 7.21. The molecular weight excluding hydrogens is 344 g/mol. The minimum atomic E-state index is -0.166. The minimum Gasteiger partial charge on any atom is -0.320 e. The second kappa shape index (κ2) is 6.72. The Labute approximate surface area is 155 Å². The van der Waals surface area contributed by atoms with Crippen molar-refractivity contribution in [2.24, 2.45) is 0 Å². The Hall–Kier alpha value is -2.99. The Morgan fingerprint density at radius 2 is 1.92 bits per heavy atom. The first-order valence-electron chi connectivity index (χ1n) is 8.46. The number of rotatable bonds is 4. The van der Waals surface area contributed by atoms with Crippen LogP contribution in [0.5, 0.6) is 0 Å². The highest BCUT2D eigenvalue weighted by Gasteiger charge is 2.16. The first kappa shape index (κ1) is 16.5. The van der Waals surface area contributed by atoms with Gasteiger partial charge in [0.1, 0.15) is 10.7 Å². The van der Waals surface area contributed by atoms with Crippen molar-refractivity contribution >= 4 is 33.1 Å². The Balaban J connectivity index is 1.70. The summed E-state index contributed by atoms with van der Waals surface area (Å²) < 4.78 is 2.84. The number of para-hydroxylation sites is 2. The highest BCUT2D eigenvalue weighted by Crippen LogP contribution is 2.34. The molecule has 0 aliphatic rings. The van der Waals surface area contributed by atoms with Crippen LogP contribution < -0.4 is 5.32 Å². The van der Waals surface area contributed by atoms with Crippen LogP contribution in [0.25, 0.3) is 20.8 Å². The van der Waals surface area contributed by atoms with Crippen LogP contribution in [0.4, 0.5) is 5.69 Å². The molecule has 0 aliphatic heterocycles. The lowest BCUT2D eigenvalue weighted by Crippen LogP contribution is -2.17. The van der Waals surface area contributed by atoms with E-state index in [1.807, 2.05) is 56.3 Å². The molecule has 130 valence electrons. The molecule has 0 saturated carbocycles. The summed E-state index contributed by atoms with van der Waals surface area (Å²) in [4.78, 5) is 17.5. The normalized spacial score (nSPS) is 11.0. The van der Waals surface area contributed by atoms with E-state index < -0.39 is 0 Å². The number of nitrogens with one attached hydrogen (secondary N) is 1. The maximum absolute atomic E-state index is 12.8. The van der Waals surface area contributed by atoms with E-state index in [4.69, 9.17) is 4.98 Å². The maximum atomic E-state index is 12.8. The summed E-state index contributed by atoms with van der Waals surface area (Å²) in [6, 6.07) is 17.6. The van der Waals surface area contributed by atoms with Gasteiger partial charge in [-0.15, -0.1) is 11.3 Å². The molecule has 0 aliphatic carbocycles. The molecule has 0 radical (unpaired) electrons. The van der Waals surface area contributed by atoms with E-state index in [2.05, 4.69) is 16.5 Å². The van der Waals surface area contributed by atoms with Gasteiger partial charge in [-0.25, -0.2) is 4.98 Å². The van der Waals surface area contributed by atoms with Gasteiger partial charge in [-0.2, -0.15) is 5.10 Å². The molecule has 1 N–H and O–H groups in total. The van der Waals surface area contributed by atoms with Crippen molar-refractivity contribution in [1.82, 2.24) is 14.8 Å². The number of fused-ring (bicyclic) bond motifs is 1. The molecule has 0 unspecified atom stereocenters. The van der Waals surface area contributed by atoms with Crippen LogP contribution in [0.1, 0.15) is 23.1 Å². The monoisotopic (exact) mass is 362 g/mol. The number of hydrogen-bond donors (Lipinski definition) is 1. The molecule has 2 aromatic carbocycles. The first-order chi connectivity index (χ1) is 12.7. The number of anilines is 1. The first-order valence-corrected chi connectivity index (χ1v) is 9.28. The Morgan fingerprint density at radius 1 is 1.15 bits per heavy atom. The lowest BCUT2D eigenvalue weighted by Gasteiger charge is -2.10. The SMILES string of the molecule is CCn1nc(C)cc1C(=O)Nc1ccccc1-c1nc2ccccc2s1. The van der Waals surface area contributed by atoms with Crippen LogP contribution in [0.2, 0.25) is 0 Å². The van der Waals surface area contributed by atoms with Gasteiger partial charge >= 0.3 is 0 Å². The van der Waals surface area contributed by atoms with Crippen LogP contribution >= 0.6 is 11.3 Å². The maximum Gasteiger partial charge on any atom is 0.273 e. The van der Waals surface area contributed by atoms with Gasteiger partial charge in [0.15, 0.2) is 0 Å². The summed E-state index contributed by atoms with van der Waals surface area (Å²) in [5.74, 6) is -0.166. The third-order valence-corrected chi connectivity index (χ3v) is 5.20. The molecule has 0 spiro atoms. The van der Waals surface area contributed by atoms with E-state index in [0.29, 0.717) is 12.2 Å². The van der Waals surface area contributed by atoms with Crippen molar-refractivity contribution in [3.05, 3.63) is 66.0 Å². The zero-order valence-corrected chi connectivity index (χ0v) is 15.4. The summed E-state index contributed by atoms with van der Waals surface area (Å²) in [5.41, 5.74) is 4.02. The largest absolute Gasteiger partial charge is 0.320 e. The van der Waals surface area contributed by atoms with E-state index >= 15 is 0 Å². The molecule has 5 nitrogen and oxygen atoms in total. The average Bonchev–Trinajstić information content (AvgIpc) is 3.25. The zero-order chi connectivity index (χ0) is 18.1. The van der Waals surface area contributed by atoms with Crippen molar-refractivity contribution in [2.75, 3.05) is 5.32 Å². The highest BCUT2D eigenvalue weighted by atomic mass is 32.1. The van der Waals surface area contributed by atoms with Crippen LogP contribution in [0.15, 0.2) is 54.6 Å². The number of aromatic nitrogens is 3. The molecule has 0 bridgehead atoms. The molecule has 0 atom stereocenters. The quantitative estimate of drug-likeness (QED) is 0.570. The van der Waals surface area contributed by atoms with E-state index in [9.17, 15) is 4.79 Å². The molecule has 0 fully saturated rings. The van der Waals surface area contributed by atoms with Gasteiger partial charge in [0.25, 0.3) is 5.91 Å². The fourth-order valence-corrected chi connectivity index (χ4v) is 3.93. The van der Waals surface area contributed by atoms with Gasteiger partial charge in [-0.1, -0.05) is 24.3 Å². The van der Waals surface area contributed by atoms with Crippen LogP contribution in [0, 0.1) is 6.92 Å². The number of carbonyl (C=O) groups excluding carboxylic acids is 1. The molecule has 2 heterocycles. The summed E-state index contributed by atoms with van der Waals surface area (Å²) in [5, 5.41) is 8.26.